The van der Waals surface area contributed by atoms with E-state index in [2.05, 4.69) is 31.7 Å². The molecule has 2 aromatic rings. The molecule has 0 radical (unpaired) electrons. The Labute approximate surface area is 139 Å². The highest BCUT2D eigenvalue weighted by atomic mass is 16.1. The molecule has 2 aromatic heterocycles. The van der Waals surface area contributed by atoms with E-state index < -0.39 is 0 Å². The Balaban J connectivity index is 1.38. The van der Waals surface area contributed by atoms with Gasteiger partial charge in [-0.05, 0) is 25.0 Å². The second-order valence-corrected chi connectivity index (χ2v) is 6.37. The third kappa shape index (κ3) is 2.87. The van der Waals surface area contributed by atoms with E-state index in [-0.39, 0.29) is 11.6 Å². The van der Waals surface area contributed by atoms with Crippen molar-refractivity contribution in [2.45, 2.75) is 43.7 Å². The minimum Gasteiger partial charge on any atom is -0.352 e. The lowest BCUT2D eigenvalue weighted by molar-refractivity contribution is 0.0951. The lowest BCUT2D eigenvalue weighted by Crippen LogP contribution is -2.28. The van der Waals surface area contributed by atoms with Gasteiger partial charge in [0.2, 0.25) is 0 Å². The molecule has 1 amide bonds. The molecular formula is C17H18N6O. The van der Waals surface area contributed by atoms with Crippen LogP contribution in [0.4, 0.5) is 0 Å². The third-order valence-corrected chi connectivity index (χ3v) is 4.50. The van der Waals surface area contributed by atoms with Gasteiger partial charge in [0, 0.05) is 37.9 Å². The number of terminal acetylenes is 1. The van der Waals surface area contributed by atoms with E-state index in [1.807, 2.05) is 16.7 Å². The van der Waals surface area contributed by atoms with Crippen LogP contribution in [0.25, 0.3) is 5.65 Å². The Kier molecular flexibility index (Phi) is 3.53. The normalized spacial score (nSPS) is 17.6. The Bertz CT molecular complexity index is 852. The molecule has 1 aliphatic carbocycles. The predicted molar refractivity (Wildman–Crippen MR) is 87.6 cm³/mol. The predicted octanol–water partition coefficient (Wildman–Crippen LogP) is 2.30. The van der Waals surface area contributed by atoms with Gasteiger partial charge in [-0.1, -0.05) is 0 Å². The average Bonchev–Trinajstić information content (AvgIpc) is 3.52. The molecule has 7 heteroatoms. The van der Waals surface area contributed by atoms with E-state index in [0.29, 0.717) is 30.9 Å². The first kappa shape index (κ1) is 14.8. The van der Waals surface area contributed by atoms with Gasteiger partial charge >= 0.3 is 0 Å². The van der Waals surface area contributed by atoms with Crippen molar-refractivity contribution in [1.29, 1.82) is 0 Å². The largest absolute Gasteiger partial charge is 0.352 e. The number of nitrogens with zero attached hydrogens (tertiary/aromatic N) is 5. The number of rotatable bonds is 7. The van der Waals surface area contributed by atoms with E-state index in [1.54, 1.807) is 6.07 Å². The first-order chi connectivity index (χ1) is 11.7. The van der Waals surface area contributed by atoms with Gasteiger partial charge < -0.3 is 5.32 Å². The number of fused-ring (bicyclic) bond motifs is 1. The van der Waals surface area contributed by atoms with Crippen LogP contribution in [0.15, 0.2) is 28.6 Å². The molecule has 0 saturated heterocycles. The molecule has 0 spiro atoms. The number of carbonyl (C=O) groups excluding carboxylic acids is 1. The summed E-state index contributed by atoms with van der Waals surface area (Å²) in [6.07, 6.45) is 11.5. The summed E-state index contributed by atoms with van der Waals surface area (Å²) in [6, 6.07) is 3.60. The molecule has 1 fully saturated rings. The molecule has 24 heavy (non-hydrogen) atoms. The van der Waals surface area contributed by atoms with Gasteiger partial charge in [-0.25, -0.2) is 0 Å². The summed E-state index contributed by atoms with van der Waals surface area (Å²) >= 11 is 0. The molecule has 3 heterocycles. The highest BCUT2D eigenvalue weighted by molar-refractivity contribution is 5.94. The van der Waals surface area contributed by atoms with Crippen LogP contribution < -0.4 is 5.32 Å². The van der Waals surface area contributed by atoms with Gasteiger partial charge in [0.1, 0.15) is 5.82 Å². The molecular weight excluding hydrogens is 304 g/mol. The Morgan fingerprint density at radius 1 is 1.33 bits per heavy atom. The van der Waals surface area contributed by atoms with Crippen LogP contribution in [-0.4, -0.2) is 32.7 Å². The number of nitrogens with one attached hydrogen (secondary N) is 1. The fourth-order valence-electron chi connectivity index (χ4n) is 2.81. The Hall–Kier alpha value is -2.75. The van der Waals surface area contributed by atoms with Gasteiger partial charge in [0.25, 0.3) is 5.91 Å². The van der Waals surface area contributed by atoms with Crippen LogP contribution in [0, 0.1) is 12.3 Å². The summed E-state index contributed by atoms with van der Waals surface area (Å²) in [5, 5.41) is 19.5. The highest BCUT2D eigenvalue weighted by Crippen LogP contribution is 2.39. The molecule has 4 rings (SSSR count). The second kappa shape index (κ2) is 5.71. The molecule has 0 atom stereocenters. The first-order valence-corrected chi connectivity index (χ1v) is 8.21. The number of hydrogen-bond donors (Lipinski definition) is 1. The van der Waals surface area contributed by atoms with E-state index in [4.69, 9.17) is 6.42 Å². The zero-order chi connectivity index (χ0) is 16.6. The monoisotopic (exact) mass is 322 g/mol. The fourth-order valence-corrected chi connectivity index (χ4v) is 2.81. The molecule has 0 bridgehead atoms. The fraction of sp³-hybridized carbons (Fsp3) is 0.471. The van der Waals surface area contributed by atoms with E-state index in [9.17, 15) is 4.79 Å². The van der Waals surface area contributed by atoms with Crippen molar-refractivity contribution in [2.24, 2.45) is 10.2 Å². The summed E-state index contributed by atoms with van der Waals surface area (Å²) < 4.78 is 1.92. The standard InChI is InChI=1S/C17H18N6O/c1-2-3-8-17(21-22-17)9-10-18-16(24)13-6-7-14-19-20-15(12-4-5-12)23(14)11-13/h1,6-7,11-12H,3-5,8-10H2,(H,18,24). The van der Waals surface area contributed by atoms with Crippen LogP contribution in [0.2, 0.25) is 0 Å². The third-order valence-electron chi connectivity index (χ3n) is 4.50. The molecule has 7 nitrogen and oxygen atoms in total. The Morgan fingerprint density at radius 3 is 2.88 bits per heavy atom. The van der Waals surface area contributed by atoms with Crippen LogP contribution in [0.3, 0.4) is 0 Å². The molecule has 1 saturated carbocycles. The van der Waals surface area contributed by atoms with Crippen molar-refractivity contribution < 1.29 is 4.79 Å². The highest BCUT2D eigenvalue weighted by Gasteiger charge is 2.38. The molecule has 1 aliphatic heterocycles. The van der Waals surface area contributed by atoms with E-state index in [1.165, 1.54) is 0 Å². The van der Waals surface area contributed by atoms with Crippen molar-refractivity contribution in [1.82, 2.24) is 19.9 Å². The maximum absolute atomic E-state index is 12.4. The van der Waals surface area contributed by atoms with E-state index >= 15 is 0 Å². The van der Waals surface area contributed by atoms with Crippen molar-refractivity contribution in [3.63, 3.8) is 0 Å². The first-order valence-electron chi connectivity index (χ1n) is 8.21. The van der Waals surface area contributed by atoms with Gasteiger partial charge in [-0.3, -0.25) is 9.20 Å². The lowest BCUT2D eigenvalue weighted by atomic mass is 10.0. The summed E-state index contributed by atoms with van der Waals surface area (Å²) in [4.78, 5) is 12.4. The molecule has 2 aliphatic rings. The van der Waals surface area contributed by atoms with Crippen molar-refractivity contribution in [2.75, 3.05) is 6.54 Å². The van der Waals surface area contributed by atoms with Crippen molar-refractivity contribution >= 4 is 11.6 Å². The molecule has 1 N–H and O–H groups in total. The average molecular weight is 322 g/mol. The number of hydrogen-bond acceptors (Lipinski definition) is 5. The number of amides is 1. The second-order valence-electron chi connectivity index (χ2n) is 6.37. The maximum Gasteiger partial charge on any atom is 0.252 e. The quantitative estimate of drug-likeness (QED) is 0.794. The van der Waals surface area contributed by atoms with E-state index in [0.717, 1.165) is 30.7 Å². The van der Waals surface area contributed by atoms with Crippen molar-refractivity contribution in [3.8, 4) is 12.3 Å². The van der Waals surface area contributed by atoms with Gasteiger partial charge in [0.15, 0.2) is 11.3 Å². The maximum atomic E-state index is 12.4. The van der Waals surface area contributed by atoms with Gasteiger partial charge in [-0.2, -0.15) is 10.2 Å². The number of pyridine rings is 1. The van der Waals surface area contributed by atoms with Crippen LogP contribution in [0.5, 0.6) is 0 Å². The number of carbonyl (C=O) groups is 1. The zero-order valence-electron chi connectivity index (χ0n) is 13.3. The zero-order valence-corrected chi connectivity index (χ0v) is 13.3. The SMILES string of the molecule is C#CCCC1(CCNC(=O)c2ccc3nnc(C4CC4)n3c2)N=N1. The lowest BCUT2D eigenvalue weighted by Gasteiger charge is -2.10. The summed E-state index contributed by atoms with van der Waals surface area (Å²) in [5.41, 5.74) is 1.01. The topological polar surface area (TPSA) is 84.0 Å². The van der Waals surface area contributed by atoms with Crippen LogP contribution in [-0.2, 0) is 0 Å². The minimum atomic E-state index is -0.364. The van der Waals surface area contributed by atoms with Crippen LogP contribution in [0.1, 0.15) is 54.2 Å². The smallest absolute Gasteiger partial charge is 0.252 e. The Morgan fingerprint density at radius 2 is 2.17 bits per heavy atom. The van der Waals surface area contributed by atoms with Crippen LogP contribution >= 0.6 is 0 Å². The molecule has 0 aromatic carbocycles. The summed E-state index contributed by atoms with van der Waals surface area (Å²) in [6.45, 7) is 0.520. The number of aromatic nitrogens is 3. The van der Waals surface area contributed by atoms with Gasteiger partial charge in [0.05, 0.1) is 5.56 Å². The summed E-state index contributed by atoms with van der Waals surface area (Å²) in [5.74, 6) is 3.92. The van der Waals surface area contributed by atoms with Crippen molar-refractivity contribution in [3.05, 3.63) is 29.7 Å². The molecule has 0 unspecified atom stereocenters. The summed E-state index contributed by atoms with van der Waals surface area (Å²) in [7, 11) is 0. The molecule has 122 valence electrons. The van der Waals surface area contributed by atoms with Gasteiger partial charge in [-0.15, -0.1) is 22.5 Å². The minimum absolute atomic E-state index is 0.111.